The molecular formula is C43H24F6N4O6. The van der Waals surface area contributed by atoms with Gasteiger partial charge in [0, 0.05) is 41.0 Å². The van der Waals surface area contributed by atoms with E-state index in [0.717, 1.165) is 51.4 Å². The SMILES string of the molecule is O=[N+]([O-])c1ccc(Oc2ccc(-c3nc(-c4c5ccccc5cc5ccccc45)[nH]c3-c3ccc(Oc4ccc([N+](=O)[O-])cc4C(F)(F)F)cc3)cc2)c(C(F)(F)F)c1. The molecule has 0 aliphatic rings. The molecule has 294 valence electrons. The van der Waals surface area contributed by atoms with Crippen LogP contribution in [0.2, 0.25) is 0 Å². The van der Waals surface area contributed by atoms with Crippen molar-refractivity contribution < 1.29 is 45.7 Å². The number of rotatable bonds is 9. The first-order valence-corrected chi connectivity index (χ1v) is 17.4. The van der Waals surface area contributed by atoms with Crippen molar-refractivity contribution in [3.05, 3.63) is 171 Å². The highest BCUT2D eigenvalue weighted by Crippen LogP contribution is 2.44. The number of ether oxygens (including phenoxy) is 2. The second-order valence-corrected chi connectivity index (χ2v) is 13.1. The van der Waals surface area contributed by atoms with E-state index in [4.69, 9.17) is 14.5 Å². The number of benzene rings is 7. The van der Waals surface area contributed by atoms with E-state index in [1.807, 2.05) is 48.5 Å². The van der Waals surface area contributed by atoms with Crippen molar-refractivity contribution in [1.29, 1.82) is 0 Å². The molecule has 59 heavy (non-hydrogen) atoms. The van der Waals surface area contributed by atoms with Gasteiger partial charge in [0.1, 0.15) is 39.9 Å². The quantitative estimate of drug-likeness (QED) is 0.0664. The van der Waals surface area contributed by atoms with Crippen molar-refractivity contribution in [3.8, 4) is 56.9 Å². The number of imidazole rings is 1. The lowest BCUT2D eigenvalue weighted by Crippen LogP contribution is -2.08. The molecule has 1 aromatic heterocycles. The third kappa shape index (κ3) is 7.58. The van der Waals surface area contributed by atoms with Crippen molar-refractivity contribution in [3.63, 3.8) is 0 Å². The molecule has 0 amide bonds. The fraction of sp³-hybridized carbons (Fsp3) is 0.0465. The summed E-state index contributed by atoms with van der Waals surface area (Å²) in [4.78, 5) is 28.9. The summed E-state index contributed by atoms with van der Waals surface area (Å²) in [6, 6.07) is 33.9. The van der Waals surface area contributed by atoms with E-state index in [2.05, 4.69) is 11.1 Å². The number of fused-ring (bicyclic) bond motifs is 2. The predicted molar refractivity (Wildman–Crippen MR) is 206 cm³/mol. The average Bonchev–Trinajstić information content (AvgIpc) is 3.64. The average molecular weight is 807 g/mol. The zero-order valence-electron chi connectivity index (χ0n) is 29.8. The summed E-state index contributed by atoms with van der Waals surface area (Å²) in [5.74, 6) is -0.816. The Morgan fingerprint density at radius 1 is 0.542 bits per heavy atom. The number of nitrogens with one attached hydrogen (secondary N) is 1. The highest BCUT2D eigenvalue weighted by Gasteiger charge is 2.37. The number of nitro benzene ring substituents is 2. The van der Waals surface area contributed by atoms with Crippen LogP contribution in [0.1, 0.15) is 11.1 Å². The van der Waals surface area contributed by atoms with E-state index < -0.39 is 56.2 Å². The van der Waals surface area contributed by atoms with Gasteiger partial charge in [0.15, 0.2) is 0 Å². The second kappa shape index (κ2) is 14.6. The molecular weight excluding hydrogens is 782 g/mol. The van der Waals surface area contributed by atoms with Crippen LogP contribution in [0.5, 0.6) is 23.0 Å². The highest BCUT2D eigenvalue weighted by molar-refractivity contribution is 6.12. The monoisotopic (exact) mass is 806 g/mol. The number of hydrogen-bond acceptors (Lipinski definition) is 7. The van der Waals surface area contributed by atoms with Gasteiger partial charge in [-0.1, -0.05) is 48.5 Å². The smallest absolute Gasteiger partial charge is 0.420 e. The third-order valence-corrected chi connectivity index (χ3v) is 9.40. The van der Waals surface area contributed by atoms with Crippen LogP contribution < -0.4 is 9.47 Å². The summed E-state index contributed by atoms with van der Waals surface area (Å²) < 4.78 is 94.4. The molecule has 0 spiro atoms. The molecule has 0 radical (unpaired) electrons. The predicted octanol–water partition coefficient (Wildman–Crippen LogP) is 13.2. The van der Waals surface area contributed by atoms with Crippen molar-refractivity contribution in [2.75, 3.05) is 0 Å². The lowest BCUT2D eigenvalue weighted by molar-refractivity contribution is -0.385. The molecule has 0 fully saturated rings. The zero-order chi connectivity index (χ0) is 41.6. The normalized spacial score (nSPS) is 11.8. The topological polar surface area (TPSA) is 133 Å². The Bertz CT molecular complexity index is 2740. The van der Waals surface area contributed by atoms with Gasteiger partial charge in [-0.2, -0.15) is 26.3 Å². The first kappa shape index (κ1) is 38.1. The molecule has 10 nitrogen and oxygen atoms in total. The first-order valence-electron chi connectivity index (χ1n) is 17.4. The van der Waals surface area contributed by atoms with E-state index in [9.17, 15) is 46.6 Å². The number of nitro groups is 2. The number of nitrogens with zero attached hydrogens (tertiary/aromatic N) is 3. The minimum absolute atomic E-state index is 0.000381. The maximum absolute atomic E-state index is 13.9. The molecule has 0 saturated heterocycles. The Labute approximate surface area is 328 Å². The van der Waals surface area contributed by atoms with Gasteiger partial charge < -0.3 is 14.5 Å². The van der Waals surface area contributed by atoms with Crippen LogP contribution in [0.15, 0.2) is 140 Å². The summed E-state index contributed by atoms with van der Waals surface area (Å²) in [6.07, 6.45) is -9.90. The van der Waals surface area contributed by atoms with Crippen LogP contribution in [0.4, 0.5) is 37.7 Å². The number of H-pyrrole nitrogens is 1. The molecule has 0 atom stereocenters. The summed E-state index contributed by atoms with van der Waals surface area (Å²) in [7, 11) is 0. The van der Waals surface area contributed by atoms with E-state index in [1.54, 1.807) is 24.3 Å². The molecule has 8 aromatic rings. The molecule has 8 rings (SSSR count). The first-order chi connectivity index (χ1) is 28.1. The molecule has 1 heterocycles. The van der Waals surface area contributed by atoms with Crippen LogP contribution in [0.3, 0.4) is 0 Å². The Hall–Kier alpha value is -7.75. The van der Waals surface area contributed by atoms with E-state index >= 15 is 0 Å². The molecule has 0 bridgehead atoms. The van der Waals surface area contributed by atoms with Crippen molar-refractivity contribution in [2.45, 2.75) is 12.4 Å². The lowest BCUT2D eigenvalue weighted by Gasteiger charge is -2.14. The van der Waals surface area contributed by atoms with Gasteiger partial charge in [-0.25, -0.2) is 4.98 Å². The van der Waals surface area contributed by atoms with Crippen molar-refractivity contribution >= 4 is 32.9 Å². The van der Waals surface area contributed by atoms with Gasteiger partial charge in [-0.05, 0) is 88.3 Å². The number of halogens is 6. The van der Waals surface area contributed by atoms with E-state index in [-0.39, 0.29) is 11.5 Å². The summed E-state index contributed by atoms with van der Waals surface area (Å²) >= 11 is 0. The maximum atomic E-state index is 13.9. The lowest BCUT2D eigenvalue weighted by atomic mass is 9.96. The van der Waals surface area contributed by atoms with Crippen LogP contribution in [-0.4, -0.2) is 19.8 Å². The Balaban J connectivity index is 1.21. The van der Waals surface area contributed by atoms with Gasteiger partial charge in [0.2, 0.25) is 0 Å². The molecule has 7 aromatic carbocycles. The van der Waals surface area contributed by atoms with Crippen LogP contribution >= 0.6 is 0 Å². The Kier molecular flexibility index (Phi) is 9.46. The zero-order valence-corrected chi connectivity index (χ0v) is 29.8. The summed E-state index contributed by atoms with van der Waals surface area (Å²) in [5.41, 5.74) is -1.48. The number of non-ortho nitro benzene ring substituents is 2. The number of alkyl halides is 6. The Morgan fingerprint density at radius 2 is 0.983 bits per heavy atom. The van der Waals surface area contributed by atoms with Gasteiger partial charge in [-0.15, -0.1) is 0 Å². The number of aromatic amines is 1. The van der Waals surface area contributed by atoms with Crippen molar-refractivity contribution in [2.24, 2.45) is 0 Å². The molecule has 0 saturated carbocycles. The molecule has 1 N–H and O–H groups in total. The number of aromatic nitrogens is 2. The Morgan fingerprint density at radius 3 is 1.42 bits per heavy atom. The van der Waals surface area contributed by atoms with Gasteiger partial charge >= 0.3 is 12.4 Å². The van der Waals surface area contributed by atoms with Gasteiger partial charge in [0.05, 0.1) is 21.2 Å². The number of hydrogen-bond donors (Lipinski definition) is 1. The van der Waals surface area contributed by atoms with E-state index in [0.29, 0.717) is 40.5 Å². The largest absolute Gasteiger partial charge is 0.457 e. The van der Waals surface area contributed by atoms with Gasteiger partial charge in [0.25, 0.3) is 11.4 Å². The van der Waals surface area contributed by atoms with Crippen LogP contribution in [-0.2, 0) is 12.4 Å². The standard InChI is InChI=1S/C43H24F6N4O6/c44-42(45,46)34-22-28(52(54)55)13-19-36(34)58-30-15-9-24(10-16-30)39-40(51-41(50-39)38-32-7-3-1-5-26(32)21-27-6-2-4-8-33(27)38)25-11-17-31(18-12-25)59-37-20-14-29(53(56)57)23-35(37)43(47,48)49/h1-23H,(H,50,51). The summed E-state index contributed by atoms with van der Waals surface area (Å²) in [6.45, 7) is 0. The highest BCUT2D eigenvalue weighted by atomic mass is 19.4. The van der Waals surface area contributed by atoms with E-state index in [1.165, 1.54) is 24.3 Å². The van der Waals surface area contributed by atoms with Gasteiger partial charge in [-0.3, -0.25) is 20.2 Å². The summed E-state index contributed by atoms with van der Waals surface area (Å²) in [5, 5.41) is 26.0. The minimum Gasteiger partial charge on any atom is -0.457 e. The molecule has 0 unspecified atom stereocenters. The molecule has 0 aliphatic heterocycles. The maximum Gasteiger partial charge on any atom is 0.420 e. The van der Waals surface area contributed by atoms with Crippen LogP contribution in [0.25, 0.3) is 55.4 Å². The minimum atomic E-state index is -4.95. The second-order valence-electron chi connectivity index (χ2n) is 13.1. The van der Waals surface area contributed by atoms with Crippen molar-refractivity contribution in [1.82, 2.24) is 9.97 Å². The fourth-order valence-electron chi connectivity index (χ4n) is 6.69. The fourth-order valence-corrected chi connectivity index (χ4v) is 6.69. The third-order valence-electron chi connectivity index (χ3n) is 9.40. The molecule has 0 aliphatic carbocycles. The molecule has 16 heteroatoms. The van der Waals surface area contributed by atoms with Crippen LogP contribution in [0, 0.1) is 20.2 Å².